The van der Waals surface area contributed by atoms with Crippen molar-refractivity contribution in [3.05, 3.63) is 88.0 Å². The number of benzene rings is 3. The van der Waals surface area contributed by atoms with Crippen LogP contribution in [0.25, 0.3) is 6.08 Å². The number of methoxy groups -OCH3 is 2. The van der Waals surface area contributed by atoms with Crippen molar-refractivity contribution < 1.29 is 27.5 Å². The number of nitrogens with one attached hydrogen (secondary N) is 2. The van der Waals surface area contributed by atoms with Crippen LogP contribution < -0.4 is 25.2 Å². The second-order valence-electron chi connectivity index (χ2n) is 7.16. The van der Waals surface area contributed by atoms with Crippen LogP contribution in [-0.4, -0.2) is 34.5 Å². The first kappa shape index (κ1) is 25.9. The molecule has 182 valence electrons. The van der Waals surface area contributed by atoms with Crippen LogP contribution in [0.2, 0.25) is 0 Å². The van der Waals surface area contributed by atoms with Gasteiger partial charge in [-0.2, -0.15) is 0 Å². The Balaban J connectivity index is 1.90. The number of nitrogens with two attached hydrogens (primary N) is 1. The molecule has 0 aliphatic heterocycles. The Hall–Kier alpha value is -3.67. The van der Waals surface area contributed by atoms with E-state index in [0.717, 1.165) is 4.47 Å². The number of carbonyl (C=O) groups is 2. The molecule has 0 heterocycles. The predicted molar refractivity (Wildman–Crippen MR) is 136 cm³/mol. The molecule has 11 heteroatoms. The summed E-state index contributed by atoms with van der Waals surface area (Å²) in [4.78, 5) is 25.9. The molecule has 0 atom stereocenters. The van der Waals surface area contributed by atoms with E-state index in [0.29, 0.717) is 22.7 Å². The van der Waals surface area contributed by atoms with E-state index in [1.54, 1.807) is 30.3 Å². The number of rotatable bonds is 8. The van der Waals surface area contributed by atoms with Crippen molar-refractivity contribution in [2.75, 3.05) is 19.5 Å². The van der Waals surface area contributed by atoms with Gasteiger partial charge in [-0.15, -0.1) is 0 Å². The fraction of sp³-hybridized carbons (Fsp3) is 0.0833. The molecule has 0 spiro atoms. The average Bonchev–Trinajstić information content (AvgIpc) is 2.84. The fourth-order valence-electron chi connectivity index (χ4n) is 2.98. The van der Waals surface area contributed by atoms with E-state index >= 15 is 0 Å². The highest BCUT2D eigenvalue weighted by molar-refractivity contribution is 9.10. The zero-order valence-electron chi connectivity index (χ0n) is 18.7. The van der Waals surface area contributed by atoms with Gasteiger partial charge in [0.2, 0.25) is 10.0 Å². The molecule has 0 bridgehead atoms. The van der Waals surface area contributed by atoms with Crippen LogP contribution in [0.15, 0.2) is 81.8 Å². The quantitative estimate of drug-likeness (QED) is 0.361. The fourth-order valence-corrected chi connectivity index (χ4v) is 3.76. The van der Waals surface area contributed by atoms with Crippen molar-refractivity contribution in [1.82, 2.24) is 5.32 Å². The molecule has 3 aromatic rings. The first-order valence-electron chi connectivity index (χ1n) is 10.1. The van der Waals surface area contributed by atoms with Crippen LogP contribution in [0.3, 0.4) is 0 Å². The molecular formula is C24H22BrN3O6S. The van der Waals surface area contributed by atoms with Gasteiger partial charge in [0.1, 0.15) is 5.70 Å². The van der Waals surface area contributed by atoms with Gasteiger partial charge in [-0.05, 0) is 66.2 Å². The summed E-state index contributed by atoms with van der Waals surface area (Å²) >= 11 is 3.36. The summed E-state index contributed by atoms with van der Waals surface area (Å²) in [6, 6.07) is 17.1. The maximum Gasteiger partial charge on any atom is 0.272 e. The zero-order valence-corrected chi connectivity index (χ0v) is 21.1. The van der Waals surface area contributed by atoms with Crippen LogP contribution >= 0.6 is 15.9 Å². The molecule has 3 aromatic carbocycles. The minimum absolute atomic E-state index is 0.0392. The molecule has 0 aromatic heterocycles. The van der Waals surface area contributed by atoms with Gasteiger partial charge in [0, 0.05) is 15.7 Å². The van der Waals surface area contributed by atoms with E-state index in [-0.39, 0.29) is 16.2 Å². The minimum Gasteiger partial charge on any atom is -0.493 e. The highest BCUT2D eigenvalue weighted by Crippen LogP contribution is 2.27. The topological polar surface area (TPSA) is 137 Å². The smallest absolute Gasteiger partial charge is 0.272 e. The molecule has 2 amide bonds. The molecule has 0 saturated heterocycles. The molecule has 0 unspecified atom stereocenters. The van der Waals surface area contributed by atoms with Crippen molar-refractivity contribution in [1.29, 1.82) is 0 Å². The largest absolute Gasteiger partial charge is 0.493 e. The lowest BCUT2D eigenvalue weighted by Crippen LogP contribution is -2.30. The van der Waals surface area contributed by atoms with Gasteiger partial charge < -0.3 is 20.1 Å². The van der Waals surface area contributed by atoms with Gasteiger partial charge in [0.05, 0.1) is 19.1 Å². The maximum absolute atomic E-state index is 13.1. The van der Waals surface area contributed by atoms with Crippen molar-refractivity contribution in [2.24, 2.45) is 5.14 Å². The van der Waals surface area contributed by atoms with E-state index in [4.69, 9.17) is 14.6 Å². The van der Waals surface area contributed by atoms with Gasteiger partial charge in [0.25, 0.3) is 11.8 Å². The third-order valence-corrected chi connectivity index (χ3v) is 6.22. The highest BCUT2D eigenvalue weighted by atomic mass is 79.9. The van der Waals surface area contributed by atoms with Crippen LogP contribution in [0.4, 0.5) is 5.69 Å². The van der Waals surface area contributed by atoms with Crippen LogP contribution in [0, 0.1) is 0 Å². The number of sulfonamides is 1. The van der Waals surface area contributed by atoms with Crippen LogP contribution in [0.1, 0.15) is 15.9 Å². The maximum atomic E-state index is 13.1. The molecule has 0 saturated carbocycles. The highest BCUT2D eigenvalue weighted by Gasteiger charge is 2.17. The number of anilines is 1. The molecule has 3 rings (SSSR count). The van der Waals surface area contributed by atoms with Gasteiger partial charge >= 0.3 is 0 Å². The number of hydrogen-bond donors (Lipinski definition) is 3. The Bertz CT molecular complexity index is 1370. The standard InChI is InChI=1S/C24H22BrN3O6S/c1-33-21-12-5-16(14-22(21)34-2)23(29)28-20(13-15-3-6-17(25)7-4-15)24(30)27-18-8-10-19(11-9-18)35(26,31)32/h3-14H,1-2H3,(H,27,30)(H,28,29)(H2,26,31,32)/b20-13-. The zero-order chi connectivity index (χ0) is 25.6. The molecule has 0 aliphatic carbocycles. The first-order valence-corrected chi connectivity index (χ1v) is 12.4. The summed E-state index contributed by atoms with van der Waals surface area (Å²) in [6.07, 6.45) is 1.51. The number of carbonyl (C=O) groups excluding carboxylic acids is 2. The van der Waals surface area contributed by atoms with Crippen molar-refractivity contribution >= 4 is 49.5 Å². The summed E-state index contributed by atoms with van der Waals surface area (Å²) in [5.41, 5.74) is 1.18. The van der Waals surface area contributed by atoms with E-state index in [9.17, 15) is 18.0 Å². The second kappa shape index (κ2) is 11.2. The summed E-state index contributed by atoms with van der Waals surface area (Å²) in [7, 11) is -0.936. The SMILES string of the molecule is COc1ccc(C(=O)N/C(=C\c2ccc(Br)cc2)C(=O)Nc2ccc(S(N)(=O)=O)cc2)cc1OC. The van der Waals surface area contributed by atoms with E-state index in [1.165, 1.54) is 56.7 Å². The molecular weight excluding hydrogens is 538 g/mol. The molecule has 4 N–H and O–H groups in total. The van der Waals surface area contributed by atoms with Gasteiger partial charge in [-0.25, -0.2) is 13.6 Å². The van der Waals surface area contributed by atoms with E-state index in [2.05, 4.69) is 26.6 Å². The summed E-state index contributed by atoms with van der Waals surface area (Å²) in [5.74, 6) is -0.354. The Kier molecular flexibility index (Phi) is 8.28. The summed E-state index contributed by atoms with van der Waals surface area (Å²) < 4.78 is 34.2. The molecule has 0 aliphatic rings. The Morgan fingerprint density at radius 3 is 2.11 bits per heavy atom. The normalized spacial score (nSPS) is 11.5. The molecule has 0 radical (unpaired) electrons. The number of primary sulfonamides is 1. The molecule has 9 nitrogen and oxygen atoms in total. The second-order valence-corrected chi connectivity index (χ2v) is 9.63. The lowest BCUT2D eigenvalue weighted by molar-refractivity contribution is -0.113. The van der Waals surface area contributed by atoms with Gasteiger partial charge in [-0.1, -0.05) is 28.1 Å². The predicted octanol–water partition coefficient (Wildman–Crippen LogP) is 3.52. The third-order valence-electron chi connectivity index (χ3n) is 4.76. The lowest BCUT2D eigenvalue weighted by atomic mass is 10.1. The summed E-state index contributed by atoms with van der Waals surface area (Å²) in [6.45, 7) is 0. The van der Waals surface area contributed by atoms with Crippen molar-refractivity contribution in [2.45, 2.75) is 4.90 Å². The molecule has 0 fully saturated rings. The first-order chi connectivity index (χ1) is 16.6. The third kappa shape index (κ3) is 6.92. The van der Waals surface area contributed by atoms with Crippen molar-refractivity contribution in [3.8, 4) is 11.5 Å². The summed E-state index contributed by atoms with van der Waals surface area (Å²) in [5, 5.41) is 10.4. The Morgan fingerprint density at radius 1 is 0.914 bits per heavy atom. The van der Waals surface area contributed by atoms with Crippen LogP contribution in [-0.2, 0) is 14.8 Å². The van der Waals surface area contributed by atoms with Gasteiger partial charge in [-0.3, -0.25) is 9.59 Å². The van der Waals surface area contributed by atoms with E-state index in [1.807, 2.05) is 0 Å². The number of ether oxygens (including phenoxy) is 2. The monoisotopic (exact) mass is 559 g/mol. The number of halogens is 1. The average molecular weight is 560 g/mol. The lowest BCUT2D eigenvalue weighted by Gasteiger charge is -2.13. The Morgan fingerprint density at radius 2 is 1.54 bits per heavy atom. The molecule has 35 heavy (non-hydrogen) atoms. The van der Waals surface area contributed by atoms with Crippen LogP contribution in [0.5, 0.6) is 11.5 Å². The van der Waals surface area contributed by atoms with Gasteiger partial charge in [0.15, 0.2) is 11.5 Å². The van der Waals surface area contributed by atoms with Crippen molar-refractivity contribution in [3.63, 3.8) is 0 Å². The number of hydrogen-bond acceptors (Lipinski definition) is 6. The minimum atomic E-state index is -3.87. The van der Waals surface area contributed by atoms with E-state index < -0.39 is 21.8 Å². The Labute approximate surface area is 211 Å². The number of amides is 2.